The van der Waals surface area contributed by atoms with Crippen molar-refractivity contribution >= 4 is 94.4 Å². The summed E-state index contributed by atoms with van der Waals surface area (Å²) >= 11 is 0. The van der Waals surface area contributed by atoms with Crippen LogP contribution in [0.15, 0.2) is 223 Å². The first-order chi connectivity index (χ1) is 28.8. The highest BCUT2D eigenvalue weighted by molar-refractivity contribution is 7.20. The van der Waals surface area contributed by atoms with Gasteiger partial charge in [-0.25, -0.2) is 0 Å². The molecule has 0 saturated heterocycles. The van der Waals surface area contributed by atoms with Crippen molar-refractivity contribution in [3.63, 3.8) is 0 Å². The minimum Gasteiger partial charge on any atom is -0.456 e. The summed E-state index contributed by atoms with van der Waals surface area (Å²) in [5.74, 6) is 0. The molecule has 0 unspecified atom stereocenters. The molecule has 0 aliphatic heterocycles. The lowest BCUT2D eigenvalue weighted by atomic mass is 10.1. The molecule has 3 heterocycles. The highest BCUT2D eigenvalue weighted by atomic mass is 28.3. The summed E-state index contributed by atoms with van der Waals surface area (Å²) in [4.78, 5) is 0. The molecule has 9 aromatic carbocycles. The normalized spacial score (nSPS) is 12.1. The molecule has 12 rings (SSSR count). The Hall–Kier alpha value is -7.40. The standard InChI is InChI=1S/C54H36N2OSi/c1-4-16-39(17-5-1)58(40-18-6-2-7-19-40,41-20-8-3-9-21-41)42-30-33-52-48(36-42)44-23-11-14-26-50(44)55(52)37-29-32-51-47(34-37)43-22-10-13-25-49(43)56(51)38-28-31-46-45-24-12-15-27-53(45)57-54(46)35-38/h1-36H. The Morgan fingerprint density at radius 1 is 0.276 bits per heavy atom. The lowest BCUT2D eigenvalue weighted by molar-refractivity contribution is 0.668. The number of benzene rings is 9. The van der Waals surface area contributed by atoms with Gasteiger partial charge >= 0.3 is 0 Å². The van der Waals surface area contributed by atoms with E-state index in [0.29, 0.717) is 0 Å². The summed E-state index contributed by atoms with van der Waals surface area (Å²) in [5.41, 5.74) is 8.74. The number of nitrogens with zero attached hydrogens (tertiary/aromatic N) is 2. The van der Waals surface area contributed by atoms with Crippen molar-refractivity contribution in [2.75, 3.05) is 0 Å². The molecule has 0 aliphatic carbocycles. The van der Waals surface area contributed by atoms with Crippen LogP contribution in [0.2, 0.25) is 0 Å². The average Bonchev–Trinajstić information content (AvgIpc) is 3.95. The van der Waals surface area contributed by atoms with Gasteiger partial charge in [-0.15, -0.1) is 0 Å². The van der Waals surface area contributed by atoms with Gasteiger partial charge in [0.2, 0.25) is 0 Å². The van der Waals surface area contributed by atoms with Crippen molar-refractivity contribution < 1.29 is 4.42 Å². The molecule has 0 saturated carbocycles. The molecule has 0 radical (unpaired) electrons. The summed E-state index contributed by atoms with van der Waals surface area (Å²) in [6, 6.07) is 80.3. The van der Waals surface area contributed by atoms with Gasteiger partial charge in [-0.2, -0.15) is 0 Å². The van der Waals surface area contributed by atoms with Crippen LogP contribution < -0.4 is 20.7 Å². The Kier molecular flexibility index (Phi) is 7.25. The number of rotatable bonds is 6. The number of hydrogen-bond acceptors (Lipinski definition) is 1. The molecule has 0 spiro atoms. The molecular formula is C54H36N2OSi. The Labute approximate surface area is 336 Å². The predicted octanol–water partition coefficient (Wildman–Crippen LogP) is 11.2. The summed E-state index contributed by atoms with van der Waals surface area (Å²) in [5, 5.41) is 12.7. The van der Waals surface area contributed by atoms with E-state index in [4.69, 9.17) is 4.42 Å². The molecule has 0 amide bonds. The SMILES string of the molecule is c1ccc([Si](c2ccccc2)(c2ccccc2)c2ccc3c(c2)c2ccccc2n3-c2ccc3c(c2)c2ccccc2n3-c2ccc3c(c2)oc2ccccc23)cc1. The van der Waals surface area contributed by atoms with Crippen molar-refractivity contribution in [3.8, 4) is 11.4 Å². The molecule has 12 aromatic rings. The molecule has 272 valence electrons. The second kappa shape index (κ2) is 12.8. The fourth-order valence-corrected chi connectivity index (χ4v) is 14.6. The number of para-hydroxylation sites is 3. The lowest BCUT2D eigenvalue weighted by Gasteiger charge is -2.34. The summed E-state index contributed by atoms with van der Waals surface area (Å²) in [7, 11) is -2.72. The third-order valence-corrected chi connectivity index (χ3v) is 17.0. The smallest absolute Gasteiger partial charge is 0.179 e. The van der Waals surface area contributed by atoms with Crippen LogP contribution in [0.4, 0.5) is 0 Å². The molecule has 0 aliphatic rings. The van der Waals surface area contributed by atoms with Crippen LogP contribution in [-0.2, 0) is 0 Å². The molecule has 3 aromatic heterocycles. The molecular weight excluding hydrogens is 721 g/mol. The Morgan fingerprint density at radius 3 is 1.31 bits per heavy atom. The number of aromatic nitrogens is 2. The van der Waals surface area contributed by atoms with Crippen LogP contribution in [0.25, 0.3) is 76.9 Å². The van der Waals surface area contributed by atoms with Crippen LogP contribution in [0.5, 0.6) is 0 Å². The fraction of sp³-hybridized carbons (Fsp3) is 0. The largest absolute Gasteiger partial charge is 0.456 e. The topological polar surface area (TPSA) is 23.0 Å². The minimum atomic E-state index is -2.72. The predicted molar refractivity (Wildman–Crippen MR) is 246 cm³/mol. The van der Waals surface area contributed by atoms with Crippen molar-refractivity contribution in [2.45, 2.75) is 0 Å². The summed E-state index contributed by atoms with van der Waals surface area (Å²) < 4.78 is 11.2. The van der Waals surface area contributed by atoms with Gasteiger partial charge in [0.05, 0.1) is 22.1 Å². The second-order valence-corrected chi connectivity index (χ2v) is 19.1. The zero-order valence-corrected chi connectivity index (χ0v) is 32.6. The highest BCUT2D eigenvalue weighted by Gasteiger charge is 2.41. The molecule has 0 fully saturated rings. The van der Waals surface area contributed by atoms with E-state index in [1.807, 2.05) is 12.1 Å². The maximum atomic E-state index is 6.36. The van der Waals surface area contributed by atoms with E-state index in [1.54, 1.807) is 0 Å². The van der Waals surface area contributed by atoms with Crippen LogP contribution in [-0.4, -0.2) is 17.2 Å². The van der Waals surface area contributed by atoms with Crippen molar-refractivity contribution in [1.29, 1.82) is 0 Å². The third kappa shape index (κ3) is 4.73. The summed E-state index contributed by atoms with van der Waals surface area (Å²) in [6.07, 6.45) is 0. The van der Waals surface area contributed by atoms with Gasteiger partial charge < -0.3 is 13.6 Å². The van der Waals surface area contributed by atoms with Gasteiger partial charge in [0, 0.05) is 49.8 Å². The monoisotopic (exact) mass is 756 g/mol. The first kappa shape index (κ1) is 32.8. The first-order valence-electron chi connectivity index (χ1n) is 19.9. The molecule has 0 bridgehead atoms. The quantitative estimate of drug-likeness (QED) is 0.122. The van der Waals surface area contributed by atoms with Gasteiger partial charge in [0.25, 0.3) is 0 Å². The van der Waals surface area contributed by atoms with Crippen molar-refractivity contribution in [1.82, 2.24) is 9.13 Å². The molecule has 0 N–H and O–H groups in total. The Balaban J connectivity index is 1.09. The first-order valence-corrected chi connectivity index (χ1v) is 21.9. The van der Waals surface area contributed by atoms with E-state index in [2.05, 4.69) is 215 Å². The van der Waals surface area contributed by atoms with Gasteiger partial charge in [-0.1, -0.05) is 158 Å². The molecule has 58 heavy (non-hydrogen) atoms. The fourth-order valence-electron chi connectivity index (χ4n) is 9.78. The maximum Gasteiger partial charge on any atom is 0.179 e. The Bertz CT molecular complexity index is 3410. The van der Waals surface area contributed by atoms with E-state index in [0.717, 1.165) is 38.8 Å². The zero-order chi connectivity index (χ0) is 38.2. The van der Waals surface area contributed by atoms with E-state index in [9.17, 15) is 0 Å². The second-order valence-electron chi connectivity index (χ2n) is 15.3. The zero-order valence-electron chi connectivity index (χ0n) is 31.6. The van der Waals surface area contributed by atoms with E-state index in [1.165, 1.54) is 58.8 Å². The van der Waals surface area contributed by atoms with Gasteiger partial charge in [-0.3, -0.25) is 0 Å². The number of furan rings is 1. The number of fused-ring (bicyclic) bond motifs is 9. The van der Waals surface area contributed by atoms with E-state index < -0.39 is 8.07 Å². The minimum absolute atomic E-state index is 0.893. The van der Waals surface area contributed by atoms with Crippen molar-refractivity contribution in [3.05, 3.63) is 218 Å². The van der Waals surface area contributed by atoms with Crippen LogP contribution in [0.3, 0.4) is 0 Å². The van der Waals surface area contributed by atoms with E-state index in [-0.39, 0.29) is 0 Å². The molecule has 3 nitrogen and oxygen atoms in total. The third-order valence-electron chi connectivity index (χ3n) is 12.3. The van der Waals surface area contributed by atoms with Crippen LogP contribution >= 0.6 is 0 Å². The molecule has 0 atom stereocenters. The highest BCUT2D eigenvalue weighted by Crippen LogP contribution is 2.38. The lowest BCUT2D eigenvalue weighted by Crippen LogP contribution is -2.74. The molecule has 4 heteroatoms. The Morgan fingerprint density at radius 2 is 0.707 bits per heavy atom. The number of hydrogen-bond donors (Lipinski definition) is 0. The van der Waals surface area contributed by atoms with E-state index >= 15 is 0 Å². The average molecular weight is 757 g/mol. The van der Waals surface area contributed by atoms with Gasteiger partial charge in [0.15, 0.2) is 8.07 Å². The van der Waals surface area contributed by atoms with Crippen LogP contribution in [0, 0.1) is 0 Å². The van der Waals surface area contributed by atoms with Crippen molar-refractivity contribution in [2.24, 2.45) is 0 Å². The van der Waals surface area contributed by atoms with Crippen LogP contribution in [0.1, 0.15) is 0 Å². The summed E-state index contributed by atoms with van der Waals surface area (Å²) in [6.45, 7) is 0. The van der Waals surface area contributed by atoms with Gasteiger partial charge in [0.1, 0.15) is 11.2 Å². The maximum absolute atomic E-state index is 6.36. The van der Waals surface area contributed by atoms with Gasteiger partial charge in [-0.05, 0) is 75.3 Å².